The third-order valence-electron chi connectivity index (χ3n) is 6.56. The maximum Gasteiger partial charge on any atom is 0.281 e. The summed E-state index contributed by atoms with van der Waals surface area (Å²) >= 11 is 0. The highest BCUT2D eigenvalue weighted by Crippen LogP contribution is 2.23. The zero-order valence-electron chi connectivity index (χ0n) is 18.6. The van der Waals surface area contributed by atoms with Crippen molar-refractivity contribution < 1.29 is 9.59 Å². The van der Waals surface area contributed by atoms with Crippen LogP contribution in [0.15, 0.2) is 41.3 Å². The Bertz CT molecular complexity index is 1200. The molecule has 1 aromatic carbocycles. The van der Waals surface area contributed by atoms with E-state index in [-0.39, 0.29) is 23.3 Å². The number of hydrogen-bond acceptors (Lipinski definition) is 4. The van der Waals surface area contributed by atoms with Gasteiger partial charge in [0.15, 0.2) is 0 Å². The average Bonchev–Trinajstić information content (AvgIpc) is 3.05. The highest BCUT2D eigenvalue weighted by atomic mass is 16.2. The molecule has 3 aromatic rings. The van der Waals surface area contributed by atoms with E-state index < -0.39 is 0 Å². The van der Waals surface area contributed by atoms with Crippen LogP contribution in [0.25, 0.3) is 16.5 Å². The molecule has 0 spiro atoms. The summed E-state index contributed by atoms with van der Waals surface area (Å²) < 4.78 is 3.54. The number of para-hydroxylation sites is 1. The summed E-state index contributed by atoms with van der Waals surface area (Å²) in [5, 5.41) is 5.89. The van der Waals surface area contributed by atoms with Crippen molar-refractivity contribution in [3.63, 3.8) is 0 Å². The third kappa shape index (κ3) is 4.04. The maximum absolute atomic E-state index is 13.2. The smallest absolute Gasteiger partial charge is 0.281 e. The predicted octanol–water partition coefficient (Wildman–Crippen LogP) is 2.31. The van der Waals surface area contributed by atoms with Crippen LogP contribution in [-0.2, 0) is 16.1 Å². The molecule has 8 nitrogen and oxygen atoms in total. The summed E-state index contributed by atoms with van der Waals surface area (Å²) in [5.41, 5.74) is 7.84. The first-order valence-electron chi connectivity index (χ1n) is 11.1. The molecule has 0 aliphatic carbocycles. The Hall–Kier alpha value is -3.42. The molecular formula is C24H29N5O3. The van der Waals surface area contributed by atoms with Gasteiger partial charge in [-0.25, -0.2) is 0 Å². The van der Waals surface area contributed by atoms with Crippen LogP contribution in [0.3, 0.4) is 0 Å². The number of benzene rings is 1. The fraction of sp³-hybridized carbons (Fsp3) is 0.417. The Labute approximate surface area is 186 Å². The first kappa shape index (κ1) is 21.8. The number of aromatic nitrogens is 3. The molecule has 0 saturated carbocycles. The van der Waals surface area contributed by atoms with E-state index in [2.05, 4.69) is 9.67 Å². The van der Waals surface area contributed by atoms with Gasteiger partial charge in [0.2, 0.25) is 11.8 Å². The van der Waals surface area contributed by atoms with E-state index in [4.69, 9.17) is 5.73 Å². The summed E-state index contributed by atoms with van der Waals surface area (Å²) in [6.45, 7) is 5.76. The molecule has 2 amide bonds. The lowest BCUT2D eigenvalue weighted by Gasteiger charge is -2.30. The number of hydrogen-bond donors (Lipinski definition) is 1. The van der Waals surface area contributed by atoms with Gasteiger partial charge in [-0.2, -0.15) is 9.78 Å². The van der Waals surface area contributed by atoms with Crippen molar-refractivity contribution in [2.75, 3.05) is 13.1 Å². The van der Waals surface area contributed by atoms with Crippen LogP contribution in [0, 0.1) is 19.8 Å². The number of carbonyl (C=O) groups is 2. The van der Waals surface area contributed by atoms with Crippen molar-refractivity contribution >= 4 is 22.6 Å². The molecule has 0 bridgehead atoms. The summed E-state index contributed by atoms with van der Waals surface area (Å²) in [4.78, 5) is 38.9. The van der Waals surface area contributed by atoms with Gasteiger partial charge in [-0.15, -0.1) is 0 Å². The first-order valence-corrected chi connectivity index (χ1v) is 11.1. The highest BCUT2D eigenvalue weighted by molar-refractivity contribution is 5.87. The Kier molecular flexibility index (Phi) is 6.12. The molecule has 4 rings (SSSR count). The second-order valence-corrected chi connectivity index (χ2v) is 8.47. The van der Waals surface area contributed by atoms with Gasteiger partial charge in [-0.3, -0.25) is 14.4 Å². The molecule has 0 unspecified atom stereocenters. The van der Waals surface area contributed by atoms with E-state index >= 15 is 0 Å². The minimum absolute atomic E-state index is 0.105. The van der Waals surface area contributed by atoms with Crippen LogP contribution in [0.1, 0.15) is 37.1 Å². The van der Waals surface area contributed by atoms with Crippen LogP contribution in [0.4, 0.5) is 0 Å². The van der Waals surface area contributed by atoms with Crippen LogP contribution in [0.2, 0.25) is 0 Å². The normalized spacial score (nSPS) is 14.8. The summed E-state index contributed by atoms with van der Waals surface area (Å²) in [6, 6.07) is 9.38. The average molecular weight is 436 g/mol. The van der Waals surface area contributed by atoms with Gasteiger partial charge in [0.25, 0.3) is 5.56 Å². The van der Waals surface area contributed by atoms with Crippen LogP contribution >= 0.6 is 0 Å². The number of nitrogens with zero attached hydrogens (tertiary/aromatic N) is 4. The van der Waals surface area contributed by atoms with Crippen molar-refractivity contribution in [2.24, 2.45) is 11.7 Å². The number of carbonyl (C=O) groups excluding carboxylic acids is 2. The fourth-order valence-corrected chi connectivity index (χ4v) is 4.66. The number of amides is 2. The molecule has 2 N–H and O–H groups in total. The minimum Gasteiger partial charge on any atom is -0.369 e. The Morgan fingerprint density at radius 2 is 1.78 bits per heavy atom. The topological polar surface area (TPSA) is 103 Å². The van der Waals surface area contributed by atoms with Gasteiger partial charge < -0.3 is 15.2 Å². The van der Waals surface area contributed by atoms with Crippen LogP contribution in [0.5, 0.6) is 0 Å². The van der Waals surface area contributed by atoms with Crippen molar-refractivity contribution in [2.45, 2.75) is 46.1 Å². The number of aryl methyl sites for hydroxylation is 2. The highest BCUT2D eigenvalue weighted by Gasteiger charge is 2.25. The van der Waals surface area contributed by atoms with Crippen LogP contribution in [-0.4, -0.2) is 44.2 Å². The molecule has 1 aliphatic rings. The monoisotopic (exact) mass is 435 g/mol. The van der Waals surface area contributed by atoms with Gasteiger partial charge in [-0.1, -0.05) is 18.2 Å². The lowest BCUT2D eigenvalue weighted by Crippen LogP contribution is -2.41. The summed E-state index contributed by atoms with van der Waals surface area (Å²) in [5.74, 6) is -0.290. The van der Waals surface area contributed by atoms with E-state index in [0.717, 1.165) is 22.5 Å². The van der Waals surface area contributed by atoms with E-state index in [9.17, 15) is 14.4 Å². The number of primary amides is 1. The van der Waals surface area contributed by atoms with E-state index in [1.54, 1.807) is 6.20 Å². The Morgan fingerprint density at radius 3 is 2.44 bits per heavy atom. The fourth-order valence-electron chi connectivity index (χ4n) is 4.66. The molecule has 1 fully saturated rings. The molecule has 32 heavy (non-hydrogen) atoms. The molecule has 8 heteroatoms. The molecule has 1 aliphatic heterocycles. The third-order valence-corrected chi connectivity index (χ3v) is 6.56. The minimum atomic E-state index is -0.274. The molecule has 3 heterocycles. The molecular weight excluding hydrogens is 406 g/mol. The lowest BCUT2D eigenvalue weighted by molar-refractivity contribution is -0.135. The lowest BCUT2D eigenvalue weighted by atomic mass is 9.96. The van der Waals surface area contributed by atoms with Gasteiger partial charge in [0.1, 0.15) is 0 Å². The van der Waals surface area contributed by atoms with Crippen molar-refractivity contribution in [1.82, 2.24) is 19.2 Å². The van der Waals surface area contributed by atoms with E-state index in [1.165, 1.54) is 4.68 Å². The van der Waals surface area contributed by atoms with Crippen LogP contribution < -0.4 is 11.3 Å². The molecule has 2 aromatic heterocycles. The number of piperidine rings is 1. The predicted molar refractivity (Wildman–Crippen MR) is 123 cm³/mol. The van der Waals surface area contributed by atoms with E-state index in [1.807, 2.05) is 49.1 Å². The Balaban J connectivity index is 1.47. The number of likely N-dealkylation sites (tertiary alicyclic amines) is 1. The quantitative estimate of drug-likeness (QED) is 0.642. The Morgan fingerprint density at radius 1 is 1.09 bits per heavy atom. The number of rotatable bonds is 6. The molecule has 0 atom stereocenters. The largest absolute Gasteiger partial charge is 0.369 e. The zero-order valence-corrected chi connectivity index (χ0v) is 18.6. The second kappa shape index (κ2) is 8.98. The number of nitrogens with two attached hydrogens (primary N) is 1. The summed E-state index contributed by atoms with van der Waals surface area (Å²) in [7, 11) is 0. The number of fused-ring (bicyclic) bond motifs is 1. The van der Waals surface area contributed by atoms with Gasteiger partial charge >= 0.3 is 0 Å². The van der Waals surface area contributed by atoms with E-state index in [0.29, 0.717) is 50.7 Å². The van der Waals surface area contributed by atoms with Gasteiger partial charge in [0.05, 0.1) is 17.3 Å². The second-order valence-electron chi connectivity index (χ2n) is 8.47. The van der Waals surface area contributed by atoms with Gasteiger partial charge in [-0.05, 0) is 45.2 Å². The molecule has 168 valence electrons. The maximum atomic E-state index is 13.2. The standard InChI is InChI=1S/C24H29N5O3/c1-16-20-15-26-29(19-7-4-3-5-8-19)24(32)22(20)17(2)28(16)12-6-9-21(30)27-13-10-18(11-14-27)23(25)31/h3-5,7-8,15,18H,6,9-14H2,1-2H3,(H2,25,31). The first-order chi connectivity index (χ1) is 15.4. The zero-order chi connectivity index (χ0) is 22.8. The summed E-state index contributed by atoms with van der Waals surface area (Å²) in [6.07, 6.45) is 4.14. The molecule has 0 radical (unpaired) electrons. The van der Waals surface area contributed by atoms with Gasteiger partial charge in [0, 0.05) is 48.7 Å². The van der Waals surface area contributed by atoms with Crippen molar-refractivity contribution in [3.8, 4) is 5.69 Å². The van der Waals surface area contributed by atoms with Crippen molar-refractivity contribution in [3.05, 3.63) is 58.3 Å². The molecule has 1 saturated heterocycles. The van der Waals surface area contributed by atoms with Crippen molar-refractivity contribution in [1.29, 1.82) is 0 Å². The SMILES string of the molecule is Cc1c2cnn(-c3ccccc3)c(=O)c2c(C)n1CCCC(=O)N1CCC(C(N)=O)CC1.